The van der Waals surface area contributed by atoms with E-state index in [2.05, 4.69) is 10.0 Å². The van der Waals surface area contributed by atoms with Crippen LogP contribution < -0.4 is 10.0 Å². The summed E-state index contributed by atoms with van der Waals surface area (Å²) in [7, 11) is -3.54. The van der Waals surface area contributed by atoms with E-state index in [1.54, 1.807) is 42.5 Å². The zero-order chi connectivity index (χ0) is 19.9. The van der Waals surface area contributed by atoms with Gasteiger partial charge in [0, 0.05) is 18.7 Å². The van der Waals surface area contributed by atoms with Crippen molar-refractivity contribution < 1.29 is 17.6 Å². The second-order valence-electron chi connectivity index (χ2n) is 6.74. The first-order valence-electron chi connectivity index (χ1n) is 8.84. The lowest BCUT2D eigenvalue weighted by atomic mass is 9.85. The average Bonchev–Trinajstić information content (AvgIpc) is 2.60. The molecule has 0 fully saturated rings. The number of amides is 1. The topological polar surface area (TPSA) is 75.3 Å². The van der Waals surface area contributed by atoms with Gasteiger partial charge in [0.15, 0.2) is 0 Å². The third-order valence-corrected chi connectivity index (χ3v) is 5.54. The van der Waals surface area contributed by atoms with Gasteiger partial charge in [-0.2, -0.15) is 0 Å². The summed E-state index contributed by atoms with van der Waals surface area (Å²) in [4.78, 5) is 12.2. The number of para-hydroxylation sites is 1. The van der Waals surface area contributed by atoms with E-state index in [-0.39, 0.29) is 42.3 Å². The molecule has 2 rings (SSSR count). The number of halogens is 1. The van der Waals surface area contributed by atoms with E-state index >= 15 is 0 Å². The fourth-order valence-corrected chi connectivity index (χ4v) is 3.75. The Bertz CT molecular complexity index is 837. The van der Waals surface area contributed by atoms with Gasteiger partial charge in [0.1, 0.15) is 5.82 Å². The molecule has 0 saturated carbocycles. The molecule has 2 aromatic carbocycles. The molecule has 2 N–H and O–H groups in total. The van der Waals surface area contributed by atoms with Crippen molar-refractivity contribution in [3.63, 3.8) is 0 Å². The highest BCUT2D eigenvalue weighted by molar-refractivity contribution is 7.92. The summed E-state index contributed by atoms with van der Waals surface area (Å²) in [5.41, 5.74) is 1.37. The van der Waals surface area contributed by atoms with Gasteiger partial charge in [0.2, 0.25) is 15.9 Å². The van der Waals surface area contributed by atoms with Crippen molar-refractivity contribution in [2.75, 3.05) is 17.0 Å². The maximum absolute atomic E-state index is 13.1. The Kier molecular flexibility index (Phi) is 7.36. The summed E-state index contributed by atoms with van der Waals surface area (Å²) in [5, 5.41) is 2.66. The lowest BCUT2D eigenvalue weighted by Gasteiger charge is -2.21. The molecular weight excluding hydrogens is 367 g/mol. The van der Waals surface area contributed by atoms with Crippen LogP contribution >= 0.6 is 0 Å². The molecule has 0 aliphatic rings. The lowest BCUT2D eigenvalue weighted by Crippen LogP contribution is -2.32. The number of rotatable bonds is 9. The van der Waals surface area contributed by atoms with Crippen molar-refractivity contribution in [3.05, 3.63) is 66.0 Å². The molecule has 0 saturated heterocycles. The molecule has 1 amide bonds. The number of sulfonamides is 1. The lowest BCUT2D eigenvalue weighted by molar-refractivity contribution is -0.121. The zero-order valence-corrected chi connectivity index (χ0v) is 16.3. The van der Waals surface area contributed by atoms with Crippen molar-refractivity contribution in [2.24, 2.45) is 5.92 Å². The SMILES string of the molecule is CC(C)C(CC(=O)NCCS(=O)(=O)Nc1ccccc1)c1ccc(F)cc1. The first-order chi connectivity index (χ1) is 12.8. The van der Waals surface area contributed by atoms with Crippen LogP contribution in [-0.2, 0) is 14.8 Å². The van der Waals surface area contributed by atoms with Gasteiger partial charge in [0.05, 0.1) is 5.75 Å². The summed E-state index contributed by atoms with van der Waals surface area (Å²) in [6.45, 7) is 4.01. The van der Waals surface area contributed by atoms with E-state index in [0.29, 0.717) is 5.69 Å². The first-order valence-corrected chi connectivity index (χ1v) is 10.5. The van der Waals surface area contributed by atoms with Crippen molar-refractivity contribution in [1.29, 1.82) is 0 Å². The third-order valence-electron chi connectivity index (χ3n) is 4.25. The summed E-state index contributed by atoms with van der Waals surface area (Å²) >= 11 is 0. The van der Waals surface area contributed by atoms with Crippen LogP contribution in [0.5, 0.6) is 0 Å². The molecule has 27 heavy (non-hydrogen) atoms. The van der Waals surface area contributed by atoms with E-state index in [1.807, 2.05) is 13.8 Å². The molecule has 2 aromatic rings. The Balaban J connectivity index is 1.86. The van der Waals surface area contributed by atoms with Gasteiger partial charge in [-0.1, -0.05) is 44.2 Å². The molecule has 0 aliphatic heterocycles. The number of carbonyl (C=O) groups is 1. The fourth-order valence-electron chi connectivity index (χ4n) is 2.78. The molecule has 7 heteroatoms. The van der Waals surface area contributed by atoms with E-state index in [9.17, 15) is 17.6 Å². The number of hydrogen-bond acceptors (Lipinski definition) is 3. The summed E-state index contributed by atoms with van der Waals surface area (Å²) in [5.74, 6) is -0.639. The van der Waals surface area contributed by atoms with E-state index in [0.717, 1.165) is 5.56 Å². The smallest absolute Gasteiger partial charge is 0.234 e. The standard InChI is InChI=1S/C20H25FN2O3S/c1-15(2)19(16-8-10-17(21)11-9-16)14-20(24)22-12-13-27(25,26)23-18-6-4-3-5-7-18/h3-11,15,19,23H,12-14H2,1-2H3,(H,22,24). The van der Waals surface area contributed by atoms with Gasteiger partial charge in [-0.25, -0.2) is 12.8 Å². The molecule has 0 heterocycles. The molecule has 0 aromatic heterocycles. The number of hydrogen-bond donors (Lipinski definition) is 2. The Morgan fingerprint density at radius 3 is 2.26 bits per heavy atom. The van der Waals surface area contributed by atoms with Crippen molar-refractivity contribution in [2.45, 2.75) is 26.2 Å². The van der Waals surface area contributed by atoms with Crippen molar-refractivity contribution in [1.82, 2.24) is 5.32 Å². The Morgan fingerprint density at radius 2 is 1.67 bits per heavy atom. The summed E-state index contributed by atoms with van der Waals surface area (Å²) in [6, 6.07) is 14.7. The molecule has 0 aliphatic carbocycles. The molecule has 1 atom stereocenters. The number of carbonyl (C=O) groups excluding carboxylic acids is 1. The van der Waals surface area contributed by atoms with Crippen LogP contribution in [0.15, 0.2) is 54.6 Å². The maximum Gasteiger partial charge on any atom is 0.234 e. The monoisotopic (exact) mass is 392 g/mol. The third kappa shape index (κ3) is 7.02. The number of benzene rings is 2. The Morgan fingerprint density at radius 1 is 1.04 bits per heavy atom. The highest BCUT2D eigenvalue weighted by atomic mass is 32.2. The molecule has 0 spiro atoms. The Labute approximate surface area is 160 Å². The van der Waals surface area contributed by atoms with Crippen LogP contribution in [0, 0.1) is 11.7 Å². The van der Waals surface area contributed by atoms with Crippen LogP contribution in [-0.4, -0.2) is 26.6 Å². The summed E-state index contributed by atoms with van der Waals surface area (Å²) in [6.07, 6.45) is 0.218. The first kappa shape index (κ1) is 20.9. The van der Waals surface area contributed by atoms with Crippen LogP contribution in [0.2, 0.25) is 0 Å². The van der Waals surface area contributed by atoms with Crippen LogP contribution in [0.1, 0.15) is 31.7 Å². The van der Waals surface area contributed by atoms with E-state index in [4.69, 9.17) is 0 Å². The molecule has 0 radical (unpaired) electrons. The Hall–Kier alpha value is -2.41. The minimum absolute atomic E-state index is 0.0230. The summed E-state index contributed by atoms with van der Waals surface area (Å²) < 4.78 is 39.7. The maximum atomic E-state index is 13.1. The van der Waals surface area contributed by atoms with Gasteiger partial charge >= 0.3 is 0 Å². The van der Waals surface area contributed by atoms with E-state index in [1.165, 1.54) is 12.1 Å². The zero-order valence-electron chi connectivity index (χ0n) is 15.5. The number of anilines is 1. The van der Waals surface area contributed by atoms with Gasteiger partial charge < -0.3 is 5.32 Å². The predicted octanol–water partition coefficient (Wildman–Crippen LogP) is 3.51. The molecule has 146 valence electrons. The normalized spacial score (nSPS) is 12.6. The largest absolute Gasteiger partial charge is 0.355 e. The quantitative estimate of drug-likeness (QED) is 0.686. The second-order valence-corrected chi connectivity index (χ2v) is 8.58. The molecule has 1 unspecified atom stereocenters. The van der Waals surface area contributed by atoms with Crippen molar-refractivity contribution in [3.8, 4) is 0 Å². The predicted molar refractivity (Wildman–Crippen MR) is 105 cm³/mol. The van der Waals surface area contributed by atoms with Gasteiger partial charge in [-0.05, 0) is 41.7 Å². The minimum atomic E-state index is -3.54. The van der Waals surface area contributed by atoms with Gasteiger partial charge in [-0.15, -0.1) is 0 Å². The fraction of sp³-hybridized carbons (Fsp3) is 0.350. The average molecular weight is 392 g/mol. The molecule has 5 nitrogen and oxygen atoms in total. The van der Waals surface area contributed by atoms with E-state index < -0.39 is 10.0 Å². The van der Waals surface area contributed by atoms with Gasteiger partial charge in [0.25, 0.3) is 0 Å². The second kappa shape index (κ2) is 9.50. The van der Waals surface area contributed by atoms with Gasteiger partial charge in [-0.3, -0.25) is 9.52 Å². The number of nitrogens with one attached hydrogen (secondary N) is 2. The highest BCUT2D eigenvalue weighted by Crippen LogP contribution is 2.28. The highest BCUT2D eigenvalue weighted by Gasteiger charge is 2.20. The van der Waals surface area contributed by atoms with Crippen LogP contribution in [0.25, 0.3) is 0 Å². The van der Waals surface area contributed by atoms with Crippen LogP contribution in [0.3, 0.4) is 0 Å². The minimum Gasteiger partial charge on any atom is -0.355 e. The molecule has 0 bridgehead atoms. The van der Waals surface area contributed by atoms with Crippen LogP contribution in [0.4, 0.5) is 10.1 Å². The molecular formula is C20H25FN2O3S. The van der Waals surface area contributed by atoms with Crippen molar-refractivity contribution >= 4 is 21.6 Å².